The summed E-state index contributed by atoms with van der Waals surface area (Å²) in [5, 5.41) is 3.50. The van der Waals surface area contributed by atoms with Gasteiger partial charge in [-0.25, -0.2) is 4.79 Å². The highest BCUT2D eigenvalue weighted by atomic mass is 79.9. The number of halogens is 1. The van der Waals surface area contributed by atoms with E-state index in [4.69, 9.17) is 9.47 Å². The molecule has 0 aliphatic heterocycles. The van der Waals surface area contributed by atoms with Gasteiger partial charge in [-0.3, -0.25) is 4.79 Å². The van der Waals surface area contributed by atoms with Crippen LogP contribution in [0.4, 0.5) is 5.69 Å². The summed E-state index contributed by atoms with van der Waals surface area (Å²) < 4.78 is 10.8. The van der Waals surface area contributed by atoms with Gasteiger partial charge in [-0.1, -0.05) is 22.0 Å². The Kier molecular flexibility index (Phi) is 4.76. The highest BCUT2D eigenvalue weighted by Crippen LogP contribution is 2.31. The van der Waals surface area contributed by atoms with Crippen molar-refractivity contribution in [3.63, 3.8) is 0 Å². The molecule has 1 heterocycles. The van der Waals surface area contributed by atoms with Gasteiger partial charge in [-0.05, 0) is 36.4 Å². The number of rotatable bonds is 4. The summed E-state index contributed by atoms with van der Waals surface area (Å²) in [6.45, 7) is 0. The Morgan fingerprint density at radius 3 is 2.64 bits per heavy atom. The molecular weight excluding hydrogens is 388 g/mol. The number of fused-ring (bicyclic) bond motifs is 1. The van der Waals surface area contributed by atoms with Gasteiger partial charge in [0.15, 0.2) is 0 Å². The first-order chi connectivity index (χ1) is 12.0. The number of amides is 1. The van der Waals surface area contributed by atoms with Crippen LogP contribution in [0.15, 0.2) is 46.9 Å². The van der Waals surface area contributed by atoms with Crippen molar-refractivity contribution in [1.82, 2.24) is 4.98 Å². The number of carbonyl (C=O) groups is 2. The summed E-state index contributed by atoms with van der Waals surface area (Å²) in [5.41, 5.74) is 1.69. The van der Waals surface area contributed by atoms with Gasteiger partial charge in [0, 0.05) is 20.9 Å². The maximum absolute atomic E-state index is 12.6. The fraction of sp³-hybridized carbons (Fsp3) is 0.111. The van der Waals surface area contributed by atoms with Crippen molar-refractivity contribution in [1.29, 1.82) is 0 Å². The summed E-state index contributed by atoms with van der Waals surface area (Å²) in [7, 11) is 2.82. The van der Waals surface area contributed by atoms with Crippen LogP contribution >= 0.6 is 15.9 Å². The zero-order valence-corrected chi connectivity index (χ0v) is 15.1. The van der Waals surface area contributed by atoms with Crippen molar-refractivity contribution in [3.8, 4) is 5.75 Å². The monoisotopic (exact) mass is 402 g/mol. The highest BCUT2D eigenvalue weighted by Gasteiger charge is 2.21. The third-order valence-electron chi connectivity index (χ3n) is 3.72. The van der Waals surface area contributed by atoms with Gasteiger partial charge in [0.05, 0.1) is 19.9 Å². The predicted octanol–water partition coefficient (Wildman–Crippen LogP) is 3.98. The molecule has 3 rings (SSSR count). The van der Waals surface area contributed by atoms with Crippen molar-refractivity contribution in [2.75, 3.05) is 19.5 Å². The van der Waals surface area contributed by atoms with Crippen LogP contribution in [0.1, 0.15) is 20.8 Å². The van der Waals surface area contributed by atoms with Crippen LogP contribution in [0, 0.1) is 0 Å². The van der Waals surface area contributed by atoms with Crippen LogP contribution < -0.4 is 10.1 Å². The molecule has 0 spiro atoms. The van der Waals surface area contributed by atoms with Gasteiger partial charge in [0.1, 0.15) is 11.4 Å². The minimum atomic E-state index is -0.562. The van der Waals surface area contributed by atoms with Crippen LogP contribution in [-0.4, -0.2) is 31.1 Å². The number of methoxy groups -OCH3 is 2. The van der Waals surface area contributed by atoms with E-state index in [0.29, 0.717) is 27.9 Å². The Hall–Kier alpha value is -2.80. The van der Waals surface area contributed by atoms with Crippen molar-refractivity contribution in [2.24, 2.45) is 0 Å². The maximum atomic E-state index is 12.6. The molecule has 1 aromatic heterocycles. The average Bonchev–Trinajstić information content (AvgIpc) is 2.98. The fourth-order valence-electron chi connectivity index (χ4n) is 2.50. The number of aromatic amines is 1. The third kappa shape index (κ3) is 3.36. The molecular formula is C18H15BrN2O4. The van der Waals surface area contributed by atoms with Gasteiger partial charge in [0.2, 0.25) is 0 Å². The van der Waals surface area contributed by atoms with E-state index in [9.17, 15) is 9.59 Å². The molecule has 0 fully saturated rings. The molecule has 2 aromatic carbocycles. The number of H-pyrrole nitrogens is 1. The number of esters is 1. The molecule has 2 N–H and O–H groups in total. The van der Waals surface area contributed by atoms with Crippen LogP contribution in [-0.2, 0) is 4.74 Å². The highest BCUT2D eigenvalue weighted by molar-refractivity contribution is 9.10. The molecule has 0 unspecified atom stereocenters. The van der Waals surface area contributed by atoms with E-state index in [-0.39, 0.29) is 11.6 Å². The Bertz CT molecular complexity index is 965. The lowest BCUT2D eigenvalue weighted by atomic mass is 10.1. The van der Waals surface area contributed by atoms with E-state index < -0.39 is 5.97 Å². The normalized spacial score (nSPS) is 10.5. The zero-order chi connectivity index (χ0) is 18.0. The molecule has 0 saturated carbocycles. The largest absolute Gasteiger partial charge is 0.497 e. The van der Waals surface area contributed by atoms with E-state index in [1.165, 1.54) is 14.2 Å². The number of ether oxygens (including phenoxy) is 2. The Morgan fingerprint density at radius 2 is 1.92 bits per heavy atom. The molecule has 1 amide bonds. The number of benzene rings is 2. The van der Waals surface area contributed by atoms with Crippen LogP contribution in [0.2, 0.25) is 0 Å². The first-order valence-corrected chi connectivity index (χ1v) is 8.17. The second-order valence-corrected chi connectivity index (χ2v) is 6.16. The van der Waals surface area contributed by atoms with Gasteiger partial charge in [-0.2, -0.15) is 0 Å². The molecule has 0 atom stereocenters. The number of nitrogens with one attached hydrogen (secondary N) is 2. The number of hydrogen-bond acceptors (Lipinski definition) is 4. The fourth-order valence-corrected chi connectivity index (χ4v) is 2.86. The molecule has 0 bridgehead atoms. The van der Waals surface area contributed by atoms with Crippen molar-refractivity contribution in [2.45, 2.75) is 0 Å². The lowest BCUT2D eigenvalue weighted by Gasteiger charge is -2.08. The molecule has 6 nitrogen and oxygen atoms in total. The van der Waals surface area contributed by atoms with Gasteiger partial charge < -0.3 is 19.8 Å². The summed E-state index contributed by atoms with van der Waals surface area (Å²) in [5.74, 6) is -0.347. The smallest absolute Gasteiger partial charge is 0.356 e. The van der Waals surface area contributed by atoms with Crippen molar-refractivity contribution < 1.29 is 19.1 Å². The second kappa shape index (κ2) is 6.98. The van der Waals surface area contributed by atoms with E-state index >= 15 is 0 Å². The van der Waals surface area contributed by atoms with Crippen molar-refractivity contribution in [3.05, 3.63) is 58.2 Å². The lowest BCUT2D eigenvalue weighted by Crippen LogP contribution is -2.15. The van der Waals surface area contributed by atoms with Crippen LogP contribution in [0.3, 0.4) is 0 Å². The molecule has 0 radical (unpaired) electrons. The minimum absolute atomic E-state index is 0.187. The summed E-state index contributed by atoms with van der Waals surface area (Å²) in [4.78, 5) is 27.7. The van der Waals surface area contributed by atoms with E-state index in [2.05, 4.69) is 26.2 Å². The molecule has 3 aromatic rings. The van der Waals surface area contributed by atoms with E-state index in [1.807, 2.05) is 18.2 Å². The third-order valence-corrected chi connectivity index (χ3v) is 4.21. The summed E-state index contributed by atoms with van der Waals surface area (Å²) >= 11 is 3.40. The number of anilines is 1. The number of hydrogen-bond donors (Lipinski definition) is 2. The average molecular weight is 403 g/mol. The summed E-state index contributed by atoms with van der Waals surface area (Å²) in [6, 6.07) is 12.2. The van der Waals surface area contributed by atoms with Gasteiger partial charge in [-0.15, -0.1) is 0 Å². The van der Waals surface area contributed by atoms with Crippen molar-refractivity contribution >= 4 is 44.4 Å². The molecule has 25 heavy (non-hydrogen) atoms. The first kappa shape index (κ1) is 17.0. The quantitative estimate of drug-likeness (QED) is 0.646. The second-order valence-electron chi connectivity index (χ2n) is 5.24. The predicted molar refractivity (Wildman–Crippen MR) is 98.3 cm³/mol. The summed E-state index contributed by atoms with van der Waals surface area (Å²) in [6.07, 6.45) is 0. The first-order valence-electron chi connectivity index (χ1n) is 7.38. The molecule has 0 saturated heterocycles. The standard InChI is InChI=1S/C18H15BrN2O4/c1-24-12-5-3-4-10(8-12)17(22)21-15-13-9-11(19)6-7-14(13)20-16(15)18(23)25-2/h3-9,20H,1-2H3,(H,21,22). The topological polar surface area (TPSA) is 80.4 Å². The lowest BCUT2D eigenvalue weighted by molar-refractivity contribution is 0.0596. The maximum Gasteiger partial charge on any atom is 0.356 e. The van der Waals surface area contributed by atoms with Gasteiger partial charge in [0.25, 0.3) is 5.91 Å². The van der Waals surface area contributed by atoms with E-state index in [0.717, 1.165) is 4.47 Å². The number of aromatic nitrogens is 1. The Morgan fingerprint density at radius 1 is 1.12 bits per heavy atom. The van der Waals surface area contributed by atoms with Crippen LogP contribution in [0.25, 0.3) is 10.9 Å². The van der Waals surface area contributed by atoms with E-state index in [1.54, 1.807) is 24.3 Å². The molecule has 7 heteroatoms. The molecule has 0 aliphatic rings. The molecule has 0 aliphatic carbocycles. The van der Waals surface area contributed by atoms with Gasteiger partial charge >= 0.3 is 5.97 Å². The Labute approximate surface area is 152 Å². The van der Waals surface area contributed by atoms with Crippen LogP contribution in [0.5, 0.6) is 5.75 Å². The molecule has 128 valence electrons. The Balaban J connectivity index is 2.05. The zero-order valence-electron chi connectivity index (χ0n) is 13.6. The minimum Gasteiger partial charge on any atom is -0.497 e. The SMILES string of the molecule is COC(=O)c1[nH]c2ccc(Br)cc2c1NC(=O)c1cccc(OC)c1. The number of carbonyl (C=O) groups excluding carboxylic acids is 2.